The van der Waals surface area contributed by atoms with E-state index in [1.165, 1.54) is 11.9 Å². The Kier molecular flexibility index (Phi) is 8.32. The predicted molar refractivity (Wildman–Crippen MR) is 140 cm³/mol. The van der Waals surface area contributed by atoms with Crippen LogP contribution in [0.3, 0.4) is 0 Å². The van der Waals surface area contributed by atoms with Crippen molar-refractivity contribution in [3.63, 3.8) is 0 Å². The lowest BCUT2D eigenvalue weighted by Crippen LogP contribution is -2.52. The van der Waals surface area contributed by atoms with Crippen LogP contribution in [-0.2, 0) is 14.3 Å². The number of nitrogens with one attached hydrogen (secondary N) is 2. The number of aryl methyl sites for hydroxylation is 1. The van der Waals surface area contributed by atoms with Crippen LogP contribution in [0.25, 0.3) is 10.8 Å². The predicted octanol–water partition coefficient (Wildman–Crippen LogP) is 4.17. The molecule has 8 heteroatoms. The normalized spacial score (nSPS) is 12.9. The number of carbonyl (C=O) groups is 3. The van der Waals surface area contributed by atoms with Crippen LogP contribution in [0.2, 0.25) is 0 Å². The monoisotopic (exact) mass is 491 g/mol. The molecule has 0 spiro atoms. The van der Waals surface area contributed by atoms with Gasteiger partial charge in [0.05, 0.1) is 6.61 Å². The van der Waals surface area contributed by atoms with E-state index in [9.17, 15) is 19.5 Å². The maximum Gasteiger partial charge on any atom is 0.408 e. The summed E-state index contributed by atoms with van der Waals surface area (Å²) in [6.45, 7) is 6.32. The van der Waals surface area contributed by atoms with E-state index in [0.29, 0.717) is 11.3 Å². The molecule has 190 valence electrons. The molecule has 0 saturated carbocycles. The number of aliphatic hydroxyl groups excluding tert-OH is 1. The number of nitrogens with zero attached hydrogens (tertiary/aromatic N) is 1. The van der Waals surface area contributed by atoms with E-state index in [0.717, 1.165) is 16.3 Å². The van der Waals surface area contributed by atoms with Gasteiger partial charge in [-0.15, -0.1) is 0 Å². The molecule has 0 aliphatic carbocycles. The first kappa shape index (κ1) is 26.7. The van der Waals surface area contributed by atoms with Gasteiger partial charge in [0.25, 0.3) is 5.91 Å². The van der Waals surface area contributed by atoms with Crippen LogP contribution in [0.5, 0.6) is 0 Å². The molecule has 8 nitrogen and oxygen atoms in total. The number of ether oxygens (including phenoxy) is 1. The number of alkyl carbamates (subject to hydrolysis) is 1. The van der Waals surface area contributed by atoms with E-state index in [2.05, 4.69) is 10.6 Å². The lowest BCUT2D eigenvalue weighted by Gasteiger charge is -2.31. The number of rotatable bonds is 7. The van der Waals surface area contributed by atoms with Crippen LogP contribution in [0.1, 0.15) is 37.9 Å². The quantitative estimate of drug-likeness (QED) is 0.460. The minimum absolute atomic E-state index is 0.430. The van der Waals surface area contributed by atoms with Gasteiger partial charge in [-0.05, 0) is 56.2 Å². The zero-order valence-electron chi connectivity index (χ0n) is 21.2. The number of benzene rings is 3. The second kappa shape index (κ2) is 11.2. The molecular weight excluding hydrogens is 458 g/mol. The zero-order chi connectivity index (χ0) is 26.5. The van der Waals surface area contributed by atoms with Crippen LogP contribution < -0.4 is 10.6 Å². The Morgan fingerprint density at radius 2 is 1.67 bits per heavy atom. The summed E-state index contributed by atoms with van der Waals surface area (Å²) in [5.74, 6) is -1.07. The molecule has 0 aromatic heterocycles. The number of carbonyl (C=O) groups excluding carboxylic acids is 3. The third kappa shape index (κ3) is 6.82. The van der Waals surface area contributed by atoms with Crippen LogP contribution in [-0.4, -0.2) is 53.2 Å². The van der Waals surface area contributed by atoms with Gasteiger partial charge in [-0.2, -0.15) is 0 Å². The zero-order valence-corrected chi connectivity index (χ0v) is 21.2. The van der Waals surface area contributed by atoms with Gasteiger partial charge in [-0.25, -0.2) is 4.79 Å². The summed E-state index contributed by atoms with van der Waals surface area (Å²) in [5.41, 5.74) is 1.33. The average molecular weight is 492 g/mol. The molecule has 0 heterocycles. The molecule has 3 rings (SSSR count). The van der Waals surface area contributed by atoms with Crippen molar-refractivity contribution in [3.05, 3.63) is 77.9 Å². The standard InChI is InChI=1S/C28H33N3O5/c1-18-9-8-12-21(15-18)24(25(33)29-22-14-13-19-10-6-7-11-20(19)16-22)31(5)26(34)23(17-32)30-27(35)36-28(2,3)4/h6-16,23-24,32H,17H2,1-5H3,(H,29,33)(H,30,35). The minimum atomic E-state index is -1.29. The van der Waals surface area contributed by atoms with Crippen molar-refractivity contribution in [2.45, 2.75) is 45.4 Å². The molecule has 3 aromatic carbocycles. The Balaban J connectivity index is 1.88. The molecule has 0 fully saturated rings. The summed E-state index contributed by atoms with van der Waals surface area (Å²) in [4.78, 5) is 40.3. The molecule has 0 aliphatic heterocycles. The Labute approximate surface area is 211 Å². The SMILES string of the molecule is Cc1cccc(C(C(=O)Nc2ccc3ccccc3c2)N(C)C(=O)C(CO)NC(=O)OC(C)(C)C)c1. The molecular formula is C28H33N3O5. The third-order valence-electron chi connectivity index (χ3n) is 5.53. The molecule has 2 unspecified atom stereocenters. The Morgan fingerprint density at radius 1 is 0.972 bits per heavy atom. The summed E-state index contributed by atoms with van der Waals surface area (Å²) in [7, 11) is 1.47. The fraction of sp³-hybridized carbons (Fsp3) is 0.321. The highest BCUT2D eigenvalue weighted by Gasteiger charge is 2.34. The van der Waals surface area contributed by atoms with Crippen molar-refractivity contribution in [3.8, 4) is 0 Å². The first-order valence-corrected chi connectivity index (χ1v) is 11.7. The van der Waals surface area contributed by atoms with Crippen LogP contribution in [0.4, 0.5) is 10.5 Å². The van der Waals surface area contributed by atoms with Gasteiger partial charge < -0.3 is 25.4 Å². The summed E-state index contributed by atoms with van der Waals surface area (Å²) in [6.07, 6.45) is -0.837. The first-order chi connectivity index (χ1) is 17.0. The summed E-state index contributed by atoms with van der Waals surface area (Å²) < 4.78 is 5.21. The molecule has 3 amide bonds. The molecule has 2 atom stereocenters. The van der Waals surface area contributed by atoms with Crippen molar-refractivity contribution >= 4 is 34.4 Å². The van der Waals surface area contributed by atoms with E-state index in [-0.39, 0.29) is 0 Å². The van der Waals surface area contributed by atoms with Crippen molar-refractivity contribution in [2.24, 2.45) is 0 Å². The van der Waals surface area contributed by atoms with Gasteiger partial charge in [-0.3, -0.25) is 9.59 Å². The van der Waals surface area contributed by atoms with Gasteiger partial charge in [0, 0.05) is 12.7 Å². The number of fused-ring (bicyclic) bond motifs is 1. The summed E-state index contributed by atoms with van der Waals surface area (Å²) >= 11 is 0. The van der Waals surface area contributed by atoms with Crippen molar-refractivity contribution in [1.29, 1.82) is 0 Å². The molecule has 0 bridgehead atoms. The van der Waals surface area contributed by atoms with Gasteiger partial charge in [-0.1, -0.05) is 60.2 Å². The Hall–Kier alpha value is -3.91. The smallest absolute Gasteiger partial charge is 0.408 e. The first-order valence-electron chi connectivity index (χ1n) is 11.7. The number of aliphatic hydroxyl groups is 1. The largest absolute Gasteiger partial charge is 0.444 e. The van der Waals surface area contributed by atoms with Gasteiger partial charge in [0.15, 0.2) is 0 Å². The lowest BCUT2D eigenvalue weighted by molar-refractivity contribution is -0.139. The summed E-state index contributed by atoms with van der Waals surface area (Å²) in [6, 6.07) is 18.4. The molecule has 3 N–H and O–H groups in total. The minimum Gasteiger partial charge on any atom is -0.444 e. The molecule has 0 saturated heterocycles. The average Bonchev–Trinajstić information content (AvgIpc) is 2.81. The molecule has 0 radical (unpaired) electrons. The maximum absolute atomic E-state index is 13.5. The lowest BCUT2D eigenvalue weighted by atomic mass is 10.0. The van der Waals surface area contributed by atoms with Crippen LogP contribution in [0, 0.1) is 6.92 Å². The van der Waals surface area contributed by atoms with E-state index in [1.807, 2.05) is 61.5 Å². The Morgan fingerprint density at radius 3 is 2.31 bits per heavy atom. The van der Waals surface area contributed by atoms with E-state index < -0.39 is 42.2 Å². The molecule has 3 aromatic rings. The highest BCUT2D eigenvalue weighted by molar-refractivity contribution is 6.00. The van der Waals surface area contributed by atoms with E-state index >= 15 is 0 Å². The highest BCUT2D eigenvalue weighted by Crippen LogP contribution is 2.25. The number of anilines is 1. The molecule has 0 aliphatic rings. The van der Waals surface area contributed by atoms with Gasteiger partial charge >= 0.3 is 6.09 Å². The fourth-order valence-electron chi connectivity index (χ4n) is 3.88. The number of likely N-dealkylation sites (N-methyl/N-ethyl adjacent to an activating group) is 1. The third-order valence-corrected chi connectivity index (χ3v) is 5.53. The highest BCUT2D eigenvalue weighted by atomic mass is 16.6. The molecule has 36 heavy (non-hydrogen) atoms. The van der Waals surface area contributed by atoms with E-state index in [4.69, 9.17) is 4.74 Å². The second-order valence-electron chi connectivity index (χ2n) is 9.70. The second-order valence-corrected chi connectivity index (χ2v) is 9.70. The van der Waals surface area contributed by atoms with Gasteiger partial charge in [0.1, 0.15) is 17.7 Å². The fourth-order valence-corrected chi connectivity index (χ4v) is 3.88. The number of hydrogen-bond donors (Lipinski definition) is 3. The maximum atomic E-state index is 13.5. The van der Waals surface area contributed by atoms with Crippen molar-refractivity contribution in [1.82, 2.24) is 10.2 Å². The van der Waals surface area contributed by atoms with E-state index in [1.54, 1.807) is 32.9 Å². The van der Waals surface area contributed by atoms with Crippen molar-refractivity contribution in [2.75, 3.05) is 19.0 Å². The van der Waals surface area contributed by atoms with Crippen LogP contribution >= 0.6 is 0 Å². The topological polar surface area (TPSA) is 108 Å². The number of hydrogen-bond acceptors (Lipinski definition) is 5. The summed E-state index contributed by atoms with van der Waals surface area (Å²) in [5, 5.41) is 17.2. The Bertz CT molecular complexity index is 1250. The van der Waals surface area contributed by atoms with Crippen LogP contribution in [0.15, 0.2) is 66.7 Å². The van der Waals surface area contributed by atoms with Gasteiger partial charge in [0.2, 0.25) is 5.91 Å². The van der Waals surface area contributed by atoms with Crippen molar-refractivity contribution < 1.29 is 24.2 Å². The number of amides is 3.